The summed E-state index contributed by atoms with van der Waals surface area (Å²) in [5, 5.41) is 6.60. The second-order valence-corrected chi connectivity index (χ2v) is 6.18. The third-order valence-electron chi connectivity index (χ3n) is 4.42. The van der Waals surface area contributed by atoms with Gasteiger partial charge in [-0.3, -0.25) is 14.7 Å². The summed E-state index contributed by atoms with van der Waals surface area (Å²) in [5.74, 6) is -1.62. The van der Waals surface area contributed by atoms with Gasteiger partial charge in [0, 0.05) is 24.7 Å². The summed E-state index contributed by atoms with van der Waals surface area (Å²) in [7, 11) is 0. The lowest BCUT2D eigenvalue weighted by atomic mass is 9.93. The normalized spacial score (nSPS) is 15.6. The number of likely N-dealkylation sites (tertiary alicyclic amines) is 1. The first-order valence-electron chi connectivity index (χ1n) is 8.24. The number of hydrogen-bond donors (Lipinski definition) is 2. The molecule has 1 aliphatic heterocycles. The number of nitrogens with zero attached hydrogens (tertiary/aromatic N) is 2. The van der Waals surface area contributed by atoms with Gasteiger partial charge in [0.1, 0.15) is 11.4 Å². The third-order valence-corrected chi connectivity index (χ3v) is 4.42. The molecule has 1 aromatic heterocycles. The zero-order chi connectivity index (χ0) is 19.6. The zero-order valence-corrected chi connectivity index (χ0v) is 14.1. The average molecular weight is 382 g/mol. The zero-order valence-electron chi connectivity index (χ0n) is 14.1. The van der Waals surface area contributed by atoms with Gasteiger partial charge in [0.2, 0.25) is 0 Å². The van der Waals surface area contributed by atoms with E-state index >= 15 is 0 Å². The molecule has 1 saturated heterocycles. The summed E-state index contributed by atoms with van der Waals surface area (Å²) in [5.41, 5.74) is 5.93. The van der Waals surface area contributed by atoms with E-state index in [1.807, 2.05) is 0 Å². The summed E-state index contributed by atoms with van der Waals surface area (Å²) >= 11 is 0. The van der Waals surface area contributed by atoms with Gasteiger partial charge in [-0.25, -0.2) is 0 Å². The Bertz CT molecular complexity index is 842. The Labute approximate surface area is 152 Å². The molecule has 1 aliphatic rings. The van der Waals surface area contributed by atoms with Crippen LogP contribution >= 0.6 is 0 Å². The quantitative estimate of drug-likeness (QED) is 0.848. The number of hydrogen-bond acceptors (Lipinski definition) is 4. The highest BCUT2D eigenvalue weighted by molar-refractivity contribution is 5.97. The van der Waals surface area contributed by atoms with Crippen molar-refractivity contribution in [1.29, 1.82) is 0 Å². The Morgan fingerprint density at radius 1 is 1.22 bits per heavy atom. The topological polar surface area (TPSA) is 101 Å². The van der Waals surface area contributed by atoms with E-state index in [1.165, 1.54) is 23.1 Å². The van der Waals surface area contributed by atoms with Gasteiger partial charge < -0.3 is 15.4 Å². The molecular weight excluding hydrogens is 365 g/mol. The lowest BCUT2D eigenvalue weighted by Gasteiger charge is -2.32. The molecule has 3 rings (SSSR count). The molecule has 144 valence electrons. The smallest absolute Gasteiger partial charge is 0.405 e. The number of halogens is 3. The summed E-state index contributed by atoms with van der Waals surface area (Å²) in [4.78, 5) is 25.2. The first-order valence-corrected chi connectivity index (χ1v) is 8.24. The van der Waals surface area contributed by atoms with E-state index in [0.717, 1.165) is 11.8 Å². The molecule has 0 saturated carbocycles. The van der Waals surface area contributed by atoms with Gasteiger partial charge in [0.05, 0.1) is 5.56 Å². The Kier molecular flexibility index (Phi) is 5.06. The summed E-state index contributed by atoms with van der Waals surface area (Å²) < 4.78 is 41.6. The van der Waals surface area contributed by atoms with E-state index in [9.17, 15) is 22.8 Å². The SMILES string of the molecule is NC(=O)c1cc(C2CCN(C(=O)c3ccccc3OC(F)(F)F)CC2)[nH]n1. The molecule has 0 unspecified atom stereocenters. The molecule has 2 aromatic rings. The molecule has 1 aromatic carbocycles. The molecule has 0 bridgehead atoms. The molecule has 2 amide bonds. The molecule has 2 heterocycles. The van der Waals surface area contributed by atoms with E-state index < -0.39 is 23.9 Å². The number of ether oxygens (including phenoxy) is 1. The number of carbonyl (C=O) groups is 2. The van der Waals surface area contributed by atoms with Crippen LogP contribution in [-0.2, 0) is 0 Å². The highest BCUT2D eigenvalue weighted by atomic mass is 19.4. The van der Waals surface area contributed by atoms with Crippen molar-refractivity contribution in [2.45, 2.75) is 25.1 Å². The average Bonchev–Trinajstić information content (AvgIpc) is 3.11. The second-order valence-electron chi connectivity index (χ2n) is 6.18. The third kappa shape index (κ3) is 4.39. The number of nitrogens with one attached hydrogen (secondary N) is 1. The van der Waals surface area contributed by atoms with Gasteiger partial charge in [-0.05, 0) is 31.0 Å². The van der Waals surface area contributed by atoms with Crippen LogP contribution < -0.4 is 10.5 Å². The lowest BCUT2D eigenvalue weighted by molar-refractivity contribution is -0.274. The number of amides is 2. The van der Waals surface area contributed by atoms with Gasteiger partial charge in [-0.2, -0.15) is 5.10 Å². The number of primary amides is 1. The van der Waals surface area contributed by atoms with Crippen molar-refractivity contribution >= 4 is 11.8 Å². The van der Waals surface area contributed by atoms with Crippen LogP contribution in [0.1, 0.15) is 45.3 Å². The number of aromatic amines is 1. The number of aromatic nitrogens is 2. The first kappa shape index (κ1) is 18.7. The molecule has 7 nitrogen and oxygen atoms in total. The number of nitrogens with two attached hydrogens (primary N) is 1. The van der Waals surface area contributed by atoms with E-state index in [0.29, 0.717) is 25.9 Å². The largest absolute Gasteiger partial charge is 0.573 e. The number of piperidine rings is 1. The van der Waals surface area contributed by atoms with E-state index in [2.05, 4.69) is 14.9 Å². The Balaban J connectivity index is 1.67. The van der Waals surface area contributed by atoms with Crippen molar-refractivity contribution in [2.24, 2.45) is 5.73 Å². The monoisotopic (exact) mass is 382 g/mol. The fourth-order valence-electron chi connectivity index (χ4n) is 3.09. The minimum absolute atomic E-state index is 0.0521. The summed E-state index contributed by atoms with van der Waals surface area (Å²) in [6.45, 7) is 0.712. The number of alkyl halides is 3. The van der Waals surface area contributed by atoms with Crippen LogP contribution in [0.2, 0.25) is 0 Å². The summed E-state index contributed by atoms with van der Waals surface area (Å²) in [6, 6.07) is 6.86. The molecule has 10 heteroatoms. The number of rotatable bonds is 4. The minimum Gasteiger partial charge on any atom is -0.405 e. The molecule has 0 atom stereocenters. The molecule has 0 spiro atoms. The highest BCUT2D eigenvalue weighted by Gasteiger charge is 2.34. The van der Waals surface area contributed by atoms with Crippen LogP contribution in [0.3, 0.4) is 0 Å². The summed E-state index contributed by atoms with van der Waals surface area (Å²) in [6.07, 6.45) is -3.72. The van der Waals surface area contributed by atoms with Gasteiger partial charge in [-0.15, -0.1) is 13.2 Å². The van der Waals surface area contributed by atoms with Crippen molar-refractivity contribution in [3.8, 4) is 5.75 Å². The molecular formula is C17H17F3N4O3. The van der Waals surface area contributed by atoms with Crippen molar-refractivity contribution < 1.29 is 27.5 Å². The van der Waals surface area contributed by atoms with Gasteiger partial charge in [0.25, 0.3) is 11.8 Å². The maximum Gasteiger partial charge on any atom is 0.573 e. The maximum absolute atomic E-state index is 12.6. The maximum atomic E-state index is 12.6. The molecule has 1 fully saturated rings. The number of carbonyl (C=O) groups excluding carboxylic acids is 2. The van der Waals surface area contributed by atoms with Crippen molar-refractivity contribution in [2.75, 3.05) is 13.1 Å². The van der Waals surface area contributed by atoms with Crippen molar-refractivity contribution in [3.63, 3.8) is 0 Å². The molecule has 27 heavy (non-hydrogen) atoms. The number of para-hydroxylation sites is 1. The van der Waals surface area contributed by atoms with Crippen molar-refractivity contribution in [3.05, 3.63) is 47.3 Å². The Morgan fingerprint density at radius 3 is 2.48 bits per heavy atom. The van der Waals surface area contributed by atoms with E-state index in [4.69, 9.17) is 5.73 Å². The standard InChI is InChI=1S/C17H17F3N4O3/c18-17(19,20)27-14-4-2-1-3-11(14)16(26)24-7-5-10(6-8-24)12-9-13(15(21)25)23-22-12/h1-4,9-10H,5-8H2,(H2,21,25)(H,22,23). The molecule has 0 radical (unpaired) electrons. The predicted molar refractivity (Wildman–Crippen MR) is 88.1 cm³/mol. The van der Waals surface area contributed by atoms with E-state index in [-0.39, 0.29) is 17.2 Å². The molecule has 3 N–H and O–H groups in total. The van der Waals surface area contributed by atoms with Gasteiger partial charge >= 0.3 is 6.36 Å². The predicted octanol–water partition coefficient (Wildman–Crippen LogP) is 2.43. The molecule has 0 aliphatic carbocycles. The number of H-pyrrole nitrogens is 1. The fraction of sp³-hybridized carbons (Fsp3) is 0.353. The van der Waals surface area contributed by atoms with Crippen LogP contribution in [0, 0.1) is 0 Å². The Hall–Kier alpha value is -3.04. The van der Waals surface area contributed by atoms with Crippen molar-refractivity contribution in [1.82, 2.24) is 15.1 Å². The van der Waals surface area contributed by atoms with Crippen LogP contribution in [-0.4, -0.2) is 46.4 Å². The first-order chi connectivity index (χ1) is 12.7. The highest BCUT2D eigenvalue weighted by Crippen LogP contribution is 2.31. The van der Waals surface area contributed by atoms with Crippen LogP contribution in [0.4, 0.5) is 13.2 Å². The Morgan fingerprint density at radius 2 is 1.89 bits per heavy atom. The van der Waals surface area contributed by atoms with Crippen LogP contribution in [0.15, 0.2) is 30.3 Å². The minimum atomic E-state index is -4.87. The number of benzene rings is 1. The van der Waals surface area contributed by atoms with Gasteiger partial charge in [0.15, 0.2) is 0 Å². The van der Waals surface area contributed by atoms with Crippen LogP contribution in [0.5, 0.6) is 5.75 Å². The van der Waals surface area contributed by atoms with E-state index in [1.54, 1.807) is 6.07 Å². The van der Waals surface area contributed by atoms with Gasteiger partial charge in [-0.1, -0.05) is 12.1 Å². The fourth-order valence-corrected chi connectivity index (χ4v) is 3.09. The lowest BCUT2D eigenvalue weighted by Crippen LogP contribution is -2.38. The second kappa shape index (κ2) is 7.29. The van der Waals surface area contributed by atoms with Crippen LogP contribution in [0.25, 0.3) is 0 Å².